The third-order valence-electron chi connectivity index (χ3n) is 2.69. The molecular formula is C14H8F4O. The zero-order valence-corrected chi connectivity index (χ0v) is 9.81. The van der Waals surface area contributed by atoms with Crippen LogP contribution in [0.1, 0.15) is 21.5 Å². The van der Waals surface area contributed by atoms with Crippen molar-refractivity contribution in [3.63, 3.8) is 0 Å². The summed E-state index contributed by atoms with van der Waals surface area (Å²) in [6, 6.07) is 4.45. The van der Waals surface area contributed by atoms with Crippen molar-refractivity contribution in [3.05, 3.63) is 70.3 Å². The molecule has 0 heterocycles. The lowest BCUT2D eigenvalue weighted by atomic mass is 10.00. The van der Waals surface area contributed by atoms with Gasteiger partial charge in [0.2, 0.25) is 0 Å². The Morgan fingerprint density at radius 3 is 2.16 bits per heavy atom. The first kappa shape index (κ1) is 13.3. The summed E-state index contributed by atoms with van der Waals surface area (Å²) in [7, 11) is 0. The van der Waals surface area contributed by atoms with E-state index in [1.165, 1.54) is 13.0 Å². The summed E-state index contributed by atoms with van der Waals surface area (Å²) in [5.41, 5.74) is -0.999. The largest absolute Gasteiger partial charge is 0.288 e. The highest BCUT2D eigenvalue weighted by atomic mass is 19.2. The van der Waals surface area contributed by atoms with Crippen LogP contribution >= 0.6 is 0 Å². The van der Waals surface area contributed by atoms with E-state index in [4.69, 9.17) is 0 Å². The van der Waals surface area contributed by atoms with Gasteiger partial charge in [-0.05, 0) is 36.8 Å². The van der Waals surface area contributed by atoms with Gasteiger partial charge in [0.05, 0.1) is 5.56 Å². The molecule has 2 aromatic carbocycles. The SMILES string of the molecule is Cc1ccc(F)c(C(=O)c2ccc(F)c(F)c2)c1F. The molecule has 0 radical (unpaired) electrons. The van der Waals surface area contributed by atoms with Crippen molar-refractivity contribution in [2.75, 3.05) is 0 Å². The van der Waals surface area contributed by atoms with Gasteiger partial charge in [0.15, 0.2) is 17.4 Å². The summed E-state index contributed by atoms with van der Waals surface area (Å²) in [4.78, 5) is 11.9. The van der Waals surface area contributed by atoms with Crippen LogP contribution < -0.4 is 0 Å². The third kappa shape index (κ3) is 2.36. The van der Waals surface area contributed by atoms with Crippen molar-refractivity contribution >= 4 is 5.78 Å². The Balaban J connectivity index is 2.56. The summed E-state index contributed by atoms with van der Waals surface area (Å²) >= 11 is 0. The predicted molar refractivity (Wildman–Crippen MR) is 60.9 cm³/mol. The van der Waals surface area contributed by atoms with Crippen LogP contribution in [0.5, 0.6) is 0 Å². The standard InChI is InChI=1S/C14H8F4O/c1-7-2-4-10(16)12(13(7)18)14(19)8-3-5-9(15)11(17)6-8/h2-6H,1H3. The second-order valence-corrected chi connectivity index (χ2v) is 4.01. The number of halogens is 4. The van der Waals surface area contributed by atoms with E-state index in [9.17, 15) is 22.4 Å². The van der Waals surface area contributed by atoms with Gasteiger partial charge in [0.1, 0.15) is 11.6 Å². The van der Waals surface area contributed by atoms with Gasteiger partial charge < -0.3 is 0 Å². The minimum absolute atomic E-state index is 0.0901. The molecule has 0 fully saturated rings. The van der Waals surface area contributed by atoms with Gasteiger partial charge in [-0.1, -0.05) is 6.07 Å². The first-order valence-electron chi connectivity index (χ1n) is 5.36. The average molecular weight is 268 g/mol. The van der Waals surface area contributed by atoms with E-state index >= 15 is 0 Å². The summed E-state index contributed by atoms with van der Waals surface area (Å²) in [5, 5.41) is 0. The van der Waals surface area contributed by atoms with Crippen molar-refractivity contribution in [2.24, 2.45) is 0 Å². The molecule has 0 aliphatic heterocycles. The first-order chi connectivity index (χ1) is 8.91. The fourth-order valence-electron chi connectivity index (χ4n) is 1.65. The fraction of sp³-hybridized carbons (Fsp3) is 0.0714. The van der Waals surface area contributed by atoms with Gasteiger partial charge in [0, 0.05) is 5.56 Å². The molecule has 0 spiro atoms. The first-order valence-corrected chi connectivity index (χ1v) is 5.36. The van der Waals surface area contributed by atoms with Crippen LogP contribution in [0, 0.1) is 30.2 Å². The Morgan fingerprint density at radius 1 is 0.895 bits per heavy atom. The van der Waals surface area contributed by atoms with Crippen LogP contribution in [0.15, 0.2) is 30.3 Å². The zero-order valence-electron chi connectivity index (χ0n) is 9.81. The molecule has 0 saturated carbocycles. The Kier molecular flexibility index (Phi) is 3.38. The lowest BCUT2D eigenvalue weighted by Gasteiger charge is -2.06. The van der Waals surface area contributed by atoms with Gasteiger partial charge in [-0.2, -0.15) is 0 Å². The van der Waals surface area contributed by atoms with Gasteiger partial charge in [0.25, 0.3) is 0 Å². The molecule has 1 nitrogen and oxygen atoms in total. The average Bonchev–Trinajstić information content (AvgIpc) is 2.37. The quantitative estimate of drug-likeness (QED) is 0.598. The van der Waals surface area contributed by atoms with E-state index in [0.29, 0.717) is 6.07 Å². The normalized spacial score (nSPS) is 10.6. The molecule has 0 saturated heterocycles. The second-order valence-electron chi connectivity index (χ2n) is 4.01. The number of hydrogen-bond donors (Lipinski definition) is 0. The number of hydrogen-bond acceptors (Lipinski definition) is 1. The molecule has 0 aliphatic rings. The molecule has 98 valence electrons. The number of benzene rings is 2. The topological polar surface area (TPSA) is 17.1 Å². The van der Waals surface area contributed by atoms with Crippen molar-refractivity contribution in [1.82, 2.24) is 0 Å². The maximum Gasteiger partial charge on any atom is 0.199 e. The zero-order chi connectivity index (χ0) is 14.2. The lowest BCUT2D eigenvalue weighted by Crippen LogP contribution is -2.09. The second kappa shape index (κ2) is 4.84. The van der Waals surface area contributed by atoms with Gasteiger partial charge in [-0.25, -0.2) is 17.6 Å². The molecule has 2 aromatic rings. The van der Waals surface area contributed by atoms with Crippen LogP contribution in [-0.2, 0) is 0 Å². The van der Waals surface area contributed by atoms with Crippen molar-refractivity contribution in [2.45, 2.75) is 6.92 Å². The van der Waals surface area contributed by atoms with Crippen molar-refractivity contribution in [3.8, 4) is 0 Å². The molecule has 0 atom stereocenters. The molecule has 2 rings (SSSR count). The van der Waals surface area contributed by atoms with E-state index < -0.39 is 34.6 Å². The highest BCUT2D eigenvalue weighted by Crippen LogP contribution is 2.21. The van der Waals surface area contributed by atoms with E-state index in [0.717, 1.165) is 18.2 Å². The van der Waals surface area contributed by atoms with Crippen LogP contribution in [0.4, 0.5) is 17.6 Å². The number of carbonyl (C=O) groups is 1. The minimum Gasteiger partial charge on any atom is -0.288 e. The third-order valence-corrected chi connectivity index (χ3v) is 2.69. The maximum absolute atomic E-state index is 13.7. The summed E-state index contributed by atoms with van der Waals surface area (Å²) in [6.45, 7) is 1.37. The smallest absolute Gasteiger partial charge is 0.199 e. The number of aryl methyl sites for hydroxylation is 1. The van der Waals surface area contributed by atoms with Crippen molar-refractivity contribution < 1.29 is 22.4 Å². The summed E-state index contributed by atoms with van der Waals surface area (Å²) < 4.78 is 53.0. The van der Waals surface area contributed by atoms with Gasteiger partial charge in [-0.3, -0.25) is 4.79 Å². The maximum atomic E-state index is 13.7. The van der Waals surface area contributed by atoms with Gasteiger partial charge >= 0.3 is 0 Å². The monoisotopic (exact) mass is 268 g/mol. The van der Waals surface area contributed by atoms with Gasteiger partial charge in [-0.15, -0.1) is 0 Å². The van der Waals surface area contributed by atoms with Crippen LogP contribution in [0.2, 0.25) is 0 Å². The summed E-state index contributed by atoms with van der Waals surface area (Å²) in [5.74, 6) is -5.47. The Morgan fingerprint density at radius 2 is 1.53 bits per heavy atom. The van der Waals surface area contributed by atoms with E-state index in [-0.39, 0.29) is 11.1 Å². The van der Waals surface area contributed by atoms with Crippen LogP contribution in [0.3, 0.4) is 0 Å². The predicted octanol–water partition coefficient (Wildman–Crippen LogP) is 3.78. The van der Waals surface area contributed by atoms with Crippen molar-refractivity contribution in [1.29, 1.82) is 0 Å². The minimum atomic E-state index is -1.25. The molecule has 0 aromatic heterocycles. The molecule has 0 unspecified atom stereocenters. The highest BCUT2D eigenvalue weighted by molar-refractivity contribution is 6.09. The van der Waals surface area contributed by atoms with E-state index in [2.05, 4.69) is 0 Å². The number of carbonyl (C=O) groups excluding carboxylic acids is 1. The Bertz CT molecular complexity index is 665. The van der Waals surface area contributed by atoms with Crippen LogP contribution in [-0.4, -0.2) is 5.78 Å². The molecule has 0 amide bonds. The molecular weight excluding hydrogens is 260 g/mol. The highest BCUT2D eigenvalue weighted by Gasteiger charge is 2.21. The molecule has 19 heavy (non-hydrogen) atoms. The van der Waals surface area contributed by atoms with E-state index in [1.54, 1.807) is 0 Å². The molecule has 0 N–H and O–H groups in total. The molecule has 0 aliphatic carbocycles. The number of rotatable bonds is 2. The molecule has 0 bridgehead atoms. The number of ketones is 1. The summed E-state index contributed by atoms with van der Waals surface area (Å²) in [6.07, 6.45) is 0. The Labute approximate surface area is 106 Å². The lowest BCUT2D eigenvalue weighted by molar-refractivity contribution is 0.103. The molecule has 5 heteroatoms. The van der Waals surface area contributed by atoms with Crippen LogP contribution in [0.25, 0.3) is 0 Å². The van der Waals surface area contributed by atoms with E-state index in [1.807, 2.05) is 0 Å². The fourth-order valence-corrected chi connectivity index (χ4v) is 1.65. The Hall–Kier alpha value is -2.17.